The van der Waals surface area contributed by atoms with E-state index in [9.17, 15) is 34.5 Å². The average Bonchev–Trinajstić information content (AvgIpc) is 3.40. The number of rotatable bonds is 20. The number of nitrogens with one attached hydrogen (secondary N) is 3. The van der Waals surface area contributed by atoms with Gasteiger partial charge in [0, 0.05) is 60.2 Å². The molecule has 9 rings (SSSR count). The summed E-state index contributed by atoms with van der Waals surface area (Å²) < 4.78 is 12.1. The smallest absolute Gasteiger partial charge is 0.347 e. The number of aromatic amines is 1. The molecule has 2 fully saturated rings. The number of carbonyl (C=O) groups is 3. The Morgan fingerprint density at radius 1 is 0.736 bits per heavy atom. The van der Waals surface area contributed by atoms with E-state index in [2.05, 4.69) is 44.8 Å². The number of phenolic OH excluding ortho intramolecular Hbond substituents is 1. The molecule has 7 aromatic rings. The molecule has 13 heteroatoms. The van der Waals surface area contributed by atoms with Crippen LogP contribution >= 0.6 is 0 Å². The van der Waals surface area contributed by atoms with Crippen molar-refractivity contribution >= 4 is 28.6 Å². The van der Waals surface area contributed by atoms with E-state index < -0.39 is 17.7 Å². The van der Waals surface area contributed by atoms with E-state index in [-0.39, 0.29) is 66.2 Å². The third kappa shape index (κ3) is 12.0. The highest BCUT2D eigenvalue weighted by molar-refractivity contribution is 5.96. The molecular formula is C59H60N4O9. The lowest BCUT2D eigenvalue weighted by molar-refractivity contribution is -0.164. The van der Waals surface area contributed by atoms with Gasteiger partial charge in [0.2, 0.25) is 11.2 Å². The maximum atomic E-state index is 13.9. The molecule has 2 aliphatic rings. The van der Waals surface area contributed by atoms with Crippen molar-refractivity contribution in [2.75, 3.05) is 26.2 Å². The van der Waals surface area contributed by atoms with Gasteiger partial charge in [-0.2, -0.15) is 0 Å². The number of hydrogen-bond donors (Lipinski definition) is 6. The van der Waals surface area contributed by atoms with Crippen LogP contribution in [0.4, 0.5) is 0 Å². The lowest BCUT2D eigenvalue weighted by Crippen LogP contribution is -2.44. The van der Waals surface area contributed by atoms with Gasteiger partial charge in [0.1, 0.15) is 18.1 Å². The van der Waals surface area contributed by atoms with Gasteiger partial charge in [0.05, 0.1) is 18.2 Å². The van der Waals surface area contributed by atoms with Crippen LogP contribution in [0.25, 0.3) is 10.9 Å². The summed E-state index contributed by atoms with van der Waals surface area (Å²) in [6.45, 7) is 3.83. The van der Waals surface area contributed by atoms with E-state index in [4.69, 9.17) is 9.47 Å². The van der Waals surface area contributed by atoms with Crippen molar-refractivity contribution in [3.8, 4) is 11.5 Å². The maximum absolute atomic E-state index is 13.9. The number of hydrogen-bond acceptors (Lipinski definition) is 11. The summed E-state index contributed by atoms with van der Waals surface area (Å²) in [7, 11) is 0. The molecule has 13 nitrogen and oxygen atoms in total. The SMILES string of the molecule is O=C(CC1CC(NC(=O)c2ccc(COc3cccc([C@](O)(C(=O)OCC4CCN(Cc5ccccc5)CC4)c4ccccc4)c3)cc2)C1)c1ccc(CNC[C@H](O)c2ccc(O)c3[nH]c(=O)ccc23)cc1. The Bertz CT molecular complexity index is 3020. The van der Waals surface area contributed by atoms with Crippen molar-refractivity contribution in [2.45, 2.75) is 69.5 Å². The van der Waals surface area contributed by atoms with Crippen molar-refractivity contribution in [3.63, 3.8) is 0 Å². The number of aromatic nitrogens is 1. The number of carbonyl (C=O) groups excluding carboxylic acids is 3. The Morgan fingerprint density at radius 3 is 2.15 bits per heavy atom. The van der Waals surface area contributed by atoms with E-state index in [1.807, 2.05) is 48.5 Å². The first-order chi connectivity index (χ1) is 35.0. The number of fused-ring (bicyclic) bond motifs is 1. The minimum absolute atomic E-state index is 0.0218. The molecule has 6 N–H and O–H groups in total. The molecule has 72 heavy (non-hydrogen) atoms. The zero-order valence-electron chi connectivity index (χ0n) is 40.0. The van der Waals surface area contributed by atoms with Crippen LogP contribution in [-0.4, -0.2) is 75.1 Å². The van der Waals surface area contributed by atoms with E-state index in [1.54, 1.807) is 72.8 Å². The number of likely N-dealkylation sites (tertiary alicyclic amines) is 1. The Kier molecular flexibility index (Phi) is 15.7. The van der Waals surface area contributed by atoms with E-state index in [0.29, 0.717) is 64.8 Å². The molecule has 2 heterocycles. The minimum Gasteiger partial charge on any atom is -0.506 e. The second-order valence-electron chi connectivity index (χ2n) is 19.2. The molecule has 1 amide bonds. The number of phenols is 1. The van der Waals surface area contributed by atoms with Crippen molar-refractivity contribution in [3.05, 3.63) is 213 Å². The molecule has 2 atom stereocenters. The van der Waals surface area contributed by atoms with Gasteiger partial charge in [-0.3, -0.25) is 19.3 Å². The number of amides is 1. The molecule has 1 aliphatic carbocycles. The number of H-pyrrole nitrogens is 1. The lowest BCUT2D eigenvalue weighted by Gasteiger charge is -2.35. The van der Waals surface area contributed by atoms with Gasteiger partial charge in [-0.05, 0) is 115 Å². The van der Waals surface area contributed by atoms with Gasteiger partial charge >= 0.3 is 5.97 Å². The van der Waals surface area contributed by atoms with Gasteiger partial charge < -0.3 is 40.4 Å². The molecule has 370 valence electrons. The number of piperidine rings is 1. The number of Topliss-reactive ketones (excluding diaryl/α,β-unsaturated/α-hetero) is 1. The summed E-state index contributed by atoms with van der Waals surface area (Å²) in [5.74, 6) is -0.103. The first kappa shape index (κ1) is 49.6. The maximum Gasteiger partial charge on any atom is 0.347 e. The average molecular weight is 969 g/mol. The highest BCUT2D eigenvalue weighted by Crippen LogP contribution is 2.35. The summed E-state index contributed by atoms with van der Waals surface area (Å²) in [4.78, 5) is 57.0. The van der Waals surface area contributed by atoms with E-state index >= 15 is 0 Å². The minimum atomic E-state index is -2.06. The highest BCUT2D eigenvalue weighted by atomic mass is 16.5. The molecule has 0 radical (unpaired) electrons. The van der Waals surface area contributed by atoms with Crippen molar-refractivity contribution in [1.29, 1.82) is 0 Å². The predicted octanol–water partition coefficient (Wildman–Crippen LogP) is 8.11. The molecule has 1 saturated carbocycles. The molecule has 0 bridgehead atoms. The number of benzene rings is 6. The normalized spacial score (nSPS) is 17.3. The van der Waals surface area contributed by atoms with Crippen LogP contribution in [0.15, 0.2) is 163 Å². The summed E-state index contributed by atoms with van der Waals surface area (Å²) in [6, 6.07) is 46.7. The molecule has 0 spiro atoms. The fourth-order valence-electron chi connectivity index (χ4n) is 9.75. The Labute approximate surface area is 418 Å². The van der Waals surface area contributed by atoms with Crippen LogP contribution in [0, 0.1) is 11.8 Å². The molecule has 1 aliphatic heterocycles. The number of esters is 1. The molecule has 1 aromatic heterocycles. The standard InChI is InChI=1S/C59H60N4O9/c64-52-24-22-50(51-23-25-55(67)62-56(51)52)54(66)35-60-34-39-14-18-44(19-15-39)53(65)32-43-30-48(31-43)61-57(68)45-20-16-41(17-21-45)37-71-49-13-7-12-47(33-49)59(70,46-10-5-2-6-11-46)58(69)72-38-42-26-28-63(29-27-42)36-40-8-3-1-4-9-40/h1-25,33,42-43,48,54,60,64,66,70H,26-32,34-38H2,(H,61,68)(H,62,67)/t43?,48?,54-,59-/m0/s1. The fourth-order valence-corrected chi connectivity index (χ4v) is 9.75. The Balaban J connectivity index is 0.704. The van der Waals surface area contributed by atoms with Gasteiger partial charge in [-0.25, -0.2) is 4.79 Å². The second kappa shape index (κ2) is 22.8. The number of ketones is 1. The van der Waals surface area contributed by atoms with Gasteiger partial charge in [-0.15, -0.1) is 0 Å². The quantitative estimate of drug-likeness (QED) is 0.0320. The monoisotopic (exact) mass is 968 g/mol. The lowest BCUT2D eigenvalue weighted by atomic mass is 9.76. The van der Waals surface area contributed by atoms with Gasteiger partial charge in [0.25, 0.3) is 5.91 Å². The van der Waals surface area contributed by atoms with Crippen LogP contribution in [0.1, 0.15) is 92.3 Å². The zero-order chi connectivity index (χ0) is 50.0. The van der Waals surface area contributed by atoms with Crippen LogP contribution < -0.4 is 20.9 Å². The van der Waals surface area contributed by atoms with Crippen molar-refractivity contribution in [1.82, 2.24) is 20.5 Å². The van der Waals surface area contributed by atoms with Crippen molar-refractivity contribution < 1.29 is 39.2 Å². The van der Waals surface area contributed by atoms with Gasteiger partial charge in [0.15, 0.2) is 5.78 Å². The van der Waals surface area contributed by atoms with Crippen LogP contribution in [-0.2, 0) is 34.8 Å². The third-order valence-corrected chi connectivity index (χ3v) is 14.0. The topological polar surface area (TPSA) is 191 Å². The number of pyridine rings is 1. The fraction of sp³-hybridized carbons (Fsp3) is 0.288. The molecule has 1 saturated heterocycles. The zero-order valence-corrected chi connectivity index (χ0v) is 40.0. The summed E-state index contributed by atoms with van der Waals surface area (Å²) in [6.07, 6.45) is 2.74. The van der Waals surface area contributed by atoms with E-state index in [1.165, 1.54) is 17.7 Å². The number of aromatic hydroxyl groups is 1. The number of ether oxygens (including phenoxy) is 2. The second-order valence-corrected chi connectivity index (χ2v) is 19.2. The van der Waals surface area contributed by atoms with E-state index in [0.717, 1.165) is 43.6 Å². The summed E-state index contributed by atoms with van der Waals surface area (Å²) in [5, 5.41) is 40.1. The number of nitrogens with zero attached hydrogens (tertiary/aromatic N) is 1. The summed E-state index contributed by atoms with van der Waals surface area (Å²) >= 11 is 0. The molecular weight excluding hydrogens is 909 g/mol. The van der Waals surface area contributed by atoms with Crippen LogP contribution in [0.3, 0.4) is 0 Å². The first-order valence-electron chi connectivity index (χ1n) is 24.7. The Morgan fingerprint density at radius 2 is 1.42 bits per heavy atom. The number of aliphatic hydroxyl groups excluding tert-OH is 1. The third-order valence-electron chi connectivity index (χ3n) is 14.0. The highest BCUT2D eigenvalue weighted by Gasteiger charge is 2.42. The van der Waals surface area contributed by atoms with Crippen LogP contribution in [0.2, 0.25) is 0 Å². The van der Waals surface area contributed by atoms with Gasteiger partial charge in [-0.1, -0.05) is 115 Å². The predicted molar refractivity (Wildman–Crippen MR) is 274 cm³/mol. The largest absolute Gasteiger partial charge is 0.506 e. The molecule has 6 aromatic carbocycles. The van der Waals surface area contributed by atoms with Crippen LogP contribution in [0.5, 0.6) is 11.5 Å². The van der Waals surface area contributed by atoms with Crippen molar-refractivity contribution in [2.24, 2.45) is 11.8 Å². The number of aliphatic hydroxyl groups is 2. The Hall–Kier alpha value is -7.42. The molecule has 0 unspecified atom stereocenters. The summed E-state index contributed by atoms with van der Waals surface area (Å²) in [5.41, 5.74) is 3.39. The first-order valence-corrected chi connectivity index (χ1v) is 24.7.